The SMILES string of the molecule is CCO[Si](CCCCCCC1OC1CC)(OCC)OCC. The van der Waals surface area contributed by atoms with Crippen molar-refractivity contribution < 1.29 is 18.0 Å². The molecule has 5 heteroatoms. The molecule has 1 fully saturated rings. The van der Waals surface area contributed by atoms with Crippen molar-refractivity contribution in [2.75, 3.05) is 19.8 Å². The lowest BCUT2D eigenvalue weighted by Crippen LogP contribution is -2.45. The third-order valence-corrected chi connectivity index (χ3v) is 7.06. The van der Waals surface area contributed by atoms with Crippen molar-refractivity contribution in [3.05, 3.63) is 0 Å². The van der Waals surface area contributed by atoms with Crippen LogP contribution in [0.1, 0.15) is 66.2 Å². The zero-order valence-electron chi connectivity index (χ0n) is 14.4. The van der Waals surface area contributed by atoms with Gasteiger partial charge < -0.3 is 18.0 Å². The lowest BCUT2D eigenvalue weighted by molar-refractivity contribution is 0.0706. The van der Waals surface area contributed by atoms with Gasteiger partial charge in [-0.3, -0.25) is 0 Å². The van der Waals surface area contributed by atoms with Crippen LogP contribution in [0.2, 0.25) is 6.04 Å². The van der Waals surface area contributed by atoms with Crippen molar-refractivity contribution in [1.82, 2.24) is 0 Å². The topological polar surface area (TPSA) is 40.2 Å². The van der Waals surface area contributed by atoms with E-state index in [1.165, 1.54) is 25.7 Å². The Hall–Kier alpha value is 0.0569. The molecule has 0 aliphatic carbocycles. The summed E-state index contributed by atoms with van der Waals surface area (Å²) in [4.78, 5) is 0. The van der Waals surface area contributed by atoms with Crippen molar-refractivity contribution in [2.45, 2.75) is 84.5 Å². The first-order valence-electron chi connectivity index (χ1n) is 8.78. The summed E-state index contributed by atoms with van der Waals surface area (Å²) in [5.41, 5.74) is 0. The van der Waals surface area contributed by atoms with Gasteiger partial charge in [-0.2, -0.15) is 0 Å². The minimum Gasteiger partial charge on any atom is -0.374 e. The van der Waals surface area contributed by atoms with Gasteiger partial charge in [0.05, 0.1) is 12.2 Å². The molecule has 1 heterocycles. The van der Waals surface area contributed by atoms with Crippen LogP contribution in [0.5, 0.6) is 0 Å². The quantitative estimate of drug-likeness (QED) is 0.274. The van der Waals surface area contributed by atoms with E-state index in [4.69, 9.17) is 18.0 Å². The predicted molar refractivity (Wildman–Crippen MR) is 87.5 cm³/mol. The maximum Gasteiger partial charge on any atom is 0.500 e. The molecule has 0 aromatic rings. The van der Waals surface area contributed by atoms with E-state index in [9.17, 15) is 0 Å². The molecule has 0 bridgehead atoms. The molecule has 0 saturated carbocycles. The van der Waals surface area contributed by atoms with Gasteiger partial charge in [-0.15, -0.1) is 0 Å². The molecular formula is C16H34O4Si. The van der Waals surface area contributed by atoms with Crippen molar-refractivity contribution in [3.63, 3.8) is 0 Å². The summed E-state index contributed by atoms with van der Waals surface area (Å²) < 4.78 is 23.2. The summed E-state index contributed by atoms with van der Waals surface area (Å²) in [6, 6.07) is 0.944. The van der Waals surface area contributed by atoms with Crippen LogP contribution in [0.15, 0.2) is 0 Å². The molecule has 1 aliphatic heterocycles. The van der Waals surface area contributed by atoms with Gasteiger partial charge in [0.25, 0.3) is 0 Å². The summed E-state index contributed by atoms with van der Waals surface area (Å²) in [6.45, 7) is 10.2. The third kappa shape index (κ3) is 7.24. The Balaban J connectivity index is 2.13. The van der Waals surface area contributed by atoms with E-state index in [2.05, 4.69) is 6.92 Å². The highest BCUT2D eigenvalue weighted by Gasteiger charge is 2.39. The van der Waals surface area contributed by atoms with Crippen LogP contribution in [-0.4, -0.2) is 40.8 Å². The maximum atomic E-state index is 5.87. The van der Waals surface area contributed by atoms with Crippen LogP contribution in [-0.2, 0) is 18.0 Å². The number of rotatable bonds is 14. The summed E-state index contributed by atoms with van der Waals surface area (Å²) >= 11 is 0. The molecule has 0 radical (unpaired) electrons. The van der Waals surface area contributed by atoms with Crippen LogP contribution in [0, 0.1) is 0 Å². The molecule has 0 amide bonds. The van der Waals surface area contributed by atoms with Gasteiger partial charge in [0.2, 0.25) is 0 Å². The zero-order valence-corrected chi connectivity index (χ0v) is 15.4. The standard InChI is InChI=1S/C16H34O4Si/c1-5-15-16(20-15)13-11-9-10-12-14-21(17-6-2,18-7-3)19-8-4/h15-16H,5-14H2,1-4H3. The van der Waals surface area contributed by atoms with E-state index < -0.39 is 8.80 Å². The van der Waals surface area contributed by atoms with Gasteiger partial charge in [0, 0.05) is 25.9 Å². The van der Waals surface area contributed by atoms with E-state index in [0.717, 1.165) is 18.9 Å². The average molecular weight is 319 g/mol. The minimum absolute atomic E-state index is 0.554. The molecule has 2 atom stereocenters. The highest BCUT2D eigenvalue weighted by molar-refractivity contribution is 6.60. The molecule has 0 aromatic heterocycles. The largest absolute Gasteiger partial charge is 0.500 e. The highest BCUT2D eigenvalue weighted by atomic mass is 28.4. The van der Waals surface area contributed by atoms with Gasteiger partial charge in [-0.25, -0.2) is 0 Å². The van der Waals surface area contributed by atoms with Crippen LogP contribution < -0.4 is 0 Å². The maximum absolute atomic E-state index is 5.87. The molecule has 126 valence electrons. The Bertz CT molecular complexity index is 246. The van der Waals surface area contributed by atoms with Crippen LogP contribution in [0.25, 0.3) is 0 Å². The van der Waals surface area contributed by atoms with Crippen molar-refractivity contribution in [1.29, 1.82) is 0 Å². The number of epoxide rings is 1. The van der Waals surface area contributed by atoms with E-state index in [-0.39, 0.29) is 0 Å². The molecule has 21 heavy (non-hydrogen) atoms. The van der Waals surface area contributed by atoms with Crippen LogP contribution in [0.3, 0.4) is 0 Å². The molecule has 1 rings (SSSR count). The number of hydrogen-bond donors (Lipinski definition) is 0. The minimum atomic E-state index is -2.41. The number of hydrogen-bond acceptors (Lipinski definition) is 4. The summed E-state index contributed by atoms with van der Waals surface area (Å²) in [7, 11) is -2.41. The summed E-state index contributed by atoms with van der Waals surface area (Å²) in [5.74, 6) is 0. The monoisotopic (exact) mass is 318 g/mol. The molecule has 0 N–H and O–H groups in total. The third-order valence-electron chi connectivity index (χ3n) is 3.90. The second kappa shape index (κ2) is 10.7. The second-order valence-electron chi connectivity index (χ2n) is 5.56. The second-order valence-corrected chi connectivity index (χ2v) is 8.29. The van der Waals surface area contributed by atoms with Crippen LogP contribution >= 0.6 is 0 Å². The fraction of sp³-hybridized carbons (Fsp3) is 1.00. The first kappa shape index (κ1) is 19.1. The smallest absolute Gasteiger partial charge is 0.374 e. The molecule has 1 aliphatic rings. The van der Waals surface area contributed by atoms with Gasteiger partial charge in [-0.05, 0) is 40.0 Å². The Labute approximate surface area is 131 Å². The van der Waals surface area contributed by atoms with Gasteiger partial charge in [0.15, 0.2) is 0 Å². The van der Waals surface area contributed by atoms with Crippen molar-refractivity contribution in [2.24, 2.45) is 0 Å². The molecule has 0 aromatic carbocycles. The van der Waals surface area contributed by atoms with E-state index in [0.29, 0.717) is 32.0 Å². The fourth-order valence-corrected chi connectivity index (χ4v) is 5.52. The van der Waals surface area contributed by atoms with E-state index in [1.54, 1.807) is 0 Å². The molecule has 4 nitrogen and oxygen atoms in total. The Kier molecular flexibility index (Phi) is 9.76. The Morgan fingerprint density at radius 3 is 1.81 bits per heavy atom. The Morgan fingerprint density at radius 1 is 0.762 bits per heavy atom. The summed E-state index contributed by atoms with van der Waals surface area (Å²) in [6.07, 6.45) is 8.40. The normalized spacial score (nSPS) is 21.7. The van der Waals surface area contributed by atoms with Crippen molar-refractivity contribution in [3.8, 4) is 0 Å². The fourth-order valence-electron chi connectivity index (χ4n) is 2.83. The van der Waals surface area contributed by atoms with E-state index >= 15 is 0 Å². The van der Waals surface area contributed by atoms with Gasteiger partial charge >= 0.3 is 8.80 Å². The first-order chi connectivity index (χ1) is 10.2. The molecular weight excluding hydrogens is 284 g/mol. The van der Waals surface area contributed by atoms with Crippen LogP contribution in [0.4, 0.5) is 0 Å². The molecule has 1 saturated heterocycles. The van der Waals surface area contributed by atoms with Crippen molar-refractivity contribution >= 4 is 8.80 Å². The zero-order chi connectivity index (χ0) is 15.6. The Morgan fingerprint density at radius 2 is 1.33 bits per heavy atom. The average Bonchev–Trinajstić information content (AvgIpc) is 3.22. The molecule has 2 unspecified atom stereocenters. The van der Waals surface area contributed by atoms with Gasteiger partial charge in [0.1, 0.15) is 0 Å². The lowest BCUT2D eigenvalue weighted by Gasteiger charge is -2.28. The highest BCUT2D eigenvalue weighted by Crippen LogP contribution is 2.30. The number of unbranched alkanes of at least 4 members (excludes halogenated alkanes) is 3. The summed E-state index contributed by atoms with van der Waals surface area (Å²) in [5, 5.41) is 0. The first-order valence-corrected chi connectivity index (χ1v) is 10.7. The number of ether oxygens (including phenoxy) is 1. The lowest BCUT2D eigenvalue weighted by atomic mass is 10.1. The molecule has 0 spiro atoms. The van der Waals surface area contributed by atoms with Gasteiger partial charge in [-0.1, -0.05) is 26.2 Å². The predicted octanol–water partition coefficient (Wildman–Crippen LogP) is 4.16. The van der Waals surface area contributed by atoms with E-state index in [1.807, 2.05) is 20.8 Å².